The molecule has 1 amide bonds. The van der Waals surface area contributed by atoms with Crippen molar-refractivity contribution < 1.29 is 4.79 Å². The minimum absolute atomic E-state index is 0.0539. The van der Waals surface area contributed by atoms with Crippen molar-refractivity contribution in [3.05, 3.63) is 95.6 Å². The van der Waals surface area contributed by atoms with Crippen molar-refractivity contribution in [3.8, 4) is 11.3 Å². The number of aromatic nitrogens is 1. The Bertz CT molecular complexity index is 1210. The molecule has 1 unspecified atom stereocenters. The standard InChI is InChI=1S/C25H21ClN2O/c1-27-21-14-8-7-13-20(21)22(23(27)17-9-3-2-4-10-17)24-18-11-5-6-12-19(18)25(29)28(24)16-15-26/h2-14,24H,15-16H2,1H3. The third-order valence-corrected chi connectivity index (χ3v) is 6.02. The number of halogens is 1. The van der Waals surface area contributed by atoms with Gasteiger partial charge in [0.05, 0.1) is 11.7 Å². The Morgan fingerprint density at radius 3 is 2.38 bits per heavy atom. The molecule has 0 radical (unpaired) electrons. The number of carbonyl (C=O) groups is 1. The SMILES string of the molecule is Cn1c(-c2ccccc2)c(C2c3ccccc3C(=O)N2CCCl)c2ccccc21. The topological polar surface area (TPSA) is 25.2 Å². The van der Waals surface area contributed by atoms with Crippen LogP contribution in [0.25, 0.3) is 22.2 Å². The number of alkyl halides is 1. The normalized spacial score (nSPS) is 15.9. The fourth-order valence-electron chi connectivity index (χ4n) is 4.65. The molecule has 144 valence electrons. The van der Waals surface area contributed by atoms with Crippen LogP contribution in [0, 0.1) is 0 Å². The van der Waals surface area contributed by atoms with E-state index in [0.717, 1.165) is 33.5 Å². The smallest absolute Gasteiger partial charge is 0.255 e. The summed E-state index contributed by atoms with van der Waals surface area (Å²) in [5, 5.41) is 1.17. The van der Waals surface area contributed by atoms with E-state index in [2.05, 4.69) is 66.2 Å². The molecule has 1 aliphatic rings. The largest absolute Gasteiger partial charge is 0.343 e. The Morgan fingerprint density at radius 1 is 0.897 bits per heavy atom. The van der Waals surface area contributed by atoms with Gasteiger partial charge in [0.15, 0.2) is 0 Å². The summed E-state index contributed by atoms with van der Waals surface area (Å²) < 4.78 is 2.24. The molecule has 3 aromatic carbocycles. The van der Waals surface area contributed by atoms with E-state index in [4.69, 9.17) is 11.6 Å². The van der Waals surface area contributed by atoms with E-state index in [1.807, 2.05) is 29.2 Å². The fourth-order valence-corrected chi connectivity index (χ4v) is 4.83. The molecule has 29 heavy (non-hydrogen) atoms. The van der Waals surface area contributed by atoms with Gasteiger partial charge >= 0.3 is 0 Å². The number of carbonyl (C=O) groups excluding carboxylic acids is 1. The lowest BCUT2D eigenvalue weighted by Gasteiger charge is -2.26. The number of amides is 1. The lowest BCUT2D eigenvalue weighted by molar-refractivity contribution is 0.0762. The van der Waals surface area contributed by atoms with Crippen LogP contribution in [-0.4, -0.2) is 27.8 Å². The average Bonchev–Trinajstić information content (AvgIpc) is 3.21. The zero-order valence-corrected chi connectivity index (χ0v) is 16.9. The molecule has 1 aliphatic heterocycles. The van der Waals surface area contributed by atoms with Gasteiger partial charge in [-0.2, -0.15) is 0 Å². The summed E-state index contributed by atoms with van der Waals surface area (Å²) in [5.74, 6) is 0.458. The Labute approximate surface area is 175 Å². The summed E-state index contributed by atoms with van der Waals surface area (Å²) in [7, 11) is 2.10. The molecule has 1 aromatic heterocycles. The minimum Gasteiger partial charge on any atom is -0.343 e. The molecule has 0 fully saturated rings. The number of aryl methyl sites for hydroxylation is 1. The van der Waals surface area contributed by atoms with Crippen molar-refractivity contribution in [2.45, 2.75) is 6.04 Å². The highest BCUT2D eigenvalue weighted by molar-refractivity contribution is 6.18. The average molecular weight is 401 g/mol. The van der Waals surface area contributed by atoms with E-state index in [-0.39, 0.29) is 11.9 Å². The predicted molar refractivity (Wildman–Crippen MR) is 118 cm³/mol. The number of fused-ring (bicyclic) bond motifs is 2. The summed E-state index contributed by atoms with van der Waals surface area (Å²) in [6.45, 7) is 0.511. The molecule has 0 bridgehead atoms. The first-order valence-corrected chi connectivity index (χ1v) is 10.3. The van der Waals surface area contributed by atoms with Gasteiger partial charge in [0.25, 0.3) is 5.91 Å². The van der Waals surface area contributed by atoms with Gasteiger partial charge in [-0.25, -0.2) is 0 Å². The zero-order chi connectivity index (χ0) is 20.0. The second kappa shape index (κ2) is 7.09. The first-order valence-electron chi connectivity index (χ1n) is 9.81. The van der Waals surface area contributed by atoms with Crippen LogP contribution in [0.2, 0.25) is 0 Å². The van der Waals surface area contributed by atoms with Crippen molar-refractivity contribution in [1.29, 1.82) is 0 Å². The molecule has 1 atom stereocenters. The van der Waals surface area contributed by atoms with Crippen molar-refractivity contribution in [2.75, 3.05) is 12.4 Å². The molecule has 0 saturated carbocycles. The summed E-state index contributed by atoms with van der Waals surface area (Å²) in [5.41, 5.74) is 6.43. The number of hydrogen-bond acceptors (Lipinski definition) is 1. The summed E-state index contributed by atoms with van der Waals surface area (Å²) in [6, 6.07) is 26.6. The molecule has 0 aliphatic carbocycles. The highest BCUT2D eigenvalue weighted by atomic mass is 35.5. The number of para-hydroxylation sites is 1. The lowest BCUT2D eigenvalue weighted by atomic mass is 9.93. The molecule has 5 rings (SSSR count). The third kappa shape index (κ3) is 2.69. The highest BCUT2D eigenvalue weighted by Crippen LogP contribution is 2.46. The monoisotopic (exact) mass is 400 g/mol. The summed E-state index contributed by atoms with van der Waals surface area (Å²) in [6.07, 6.45) is 0. The second-order valence-corrected chi connectivity index (χ2v) is 7.76. The van der Waals surface area contributed by atoms with Gasteiger partial charge in [0.2, 0.25) is 0 Å². The molecular formula is C25H21ClN2O. The molecular weight excluding hydrogens is 380 g/mol. The maximum absolute atomic E-state index is 13.2. The van der Waals surface area contributed by atoms with E-state index in [1.54, 1.807) is 0 Å². The highest BCUT2D eigenvalue weighted by Gasteiger charge is 2.40. The van der Waals surface area contributed by atoms with Crippen LogP contribution in [0.15, 0.2) is 78.9 Å². The van der Waals surface area contributed by atoms with Gasteiger partial charge in [-0.15, -0.1) is 11.6 Å². The Balaban J connectivity index is 1.86. The number of hydrogen-bond donors (Lipinski definition) is 0. The van der Waals surface area contributed by atoms with Crippen LogP contribution in [0.4, 0.5) is 0 Å². The van der Waals surface area contributed by atoms with Crippen LogP contribution in [0.1, 0.15) is 27.5 Å². The van der Waals surface area contributed by atoms with E-state index < -0.39 is 0 Å². The van der Waals surface area contributed by atoms with E-state index in [9.17, 15) is 4.79 Å². The van der Waals surface area contributed by atoms with Crippen molar-refractivity contribution in [2.24, 2.45) is 7.05 Å². The van der Waals surface area contributed by atoms with E-state index in [0.29, 0.717) is 12.4 Å². The van der Waals surface area contributed by atoms with Gasteiger partial charge in [-0.05, 0) is 23.3 Å². The first kappa shape index (κ1) is 18.0. The molecule has 0 saturated heterocycles. The quantitative estimate of drug-likeness (QED) is 0.407. The zero-order valence-electron chi connectivity index (χ0n) is 16.2. The third-order valence-electron chi connectivity index (χ3n) is 5.85. The molecule has 4 heteroatoms. The Hall–Kier alpha value is -3.04. The van der Waals surface area contributed by atoms with Gasteiger partial charge < -0.3 is 9.47 Å². The van der Waals surface area contributed by atoms with Crippen LogP contribution < -0.4 is 0 Å². The van der Waals surface area contributed by atoms with Crippen molar-refractivity contribution in [3.63, 3.8) is 0 Å². The van der Waals surface area contributed by atoms with Crippen LogP contribution in [0.3, 0.4) is 0 Å². The minimum atomic E-state index is -0.154. The first-order chi connectivity index (χ1) is 14.2. The van der Waals surface area contributed by atoms with Crippen molar-refractivity contribution >= 4 is 28.4 Å². The summed E-state index contributed by atoms with van der Waals surface area (Å²) >= 11 is 6.12. The van der Waals surface area contributed by atoms with Gasteiger partial charge in [0, 0.05) is 41.5 Å². The number of nitrogens with zero attached hydrogens (tertiary/aromatic N) is 2. The number of rotatable bonds is 4. The maximum atomic E-state index is 13.2. The maximum Gasteiger partial charge on any atom is 0.255 e. The second-order valence-electron chi connectivity index (χ2n) is 7.38. The van der Waals surface area contributed by atoms with E-state index >= 15 is 0 Å². The van der Waals surface area contributed by atoms with Gasteiger partial charge in [0.1, 0.15) is 0 Å². The van der Waals surface area contributed by atoms with Gasteiger partial charge in [-0.1, -0.05) is 66.7 Å². The summed E-state index contributed by atoms with van der Waals surface area (Å²) in [4.78, 5) is 15.1. The van der Waals surface area contributed by atoms with Crippen LogP contribution in [-0.2, 0) is 7.05 Å². The lowest BCUT2D eigenvalue weighted by Crippen LogP contribution is -2.30. The molecule has 2 heterocycles. The van der Waals surface area contributed by atoms with Crippen LogP contribution >= 0.6 is 11.6 Å². The molecule has 3 nitrogen and oxygen atoms in total. The molecule has 0 spiro atoms. The molecule has 0 N–H and O–H groups in total. The van der Waals surface area contributed by atoms with Crippen LogP contribution in [0.5, 0.6) is 0 Å². The Morgan fingerprint density at radius 2 is 1.59 bits per heavy atom. The van der Waals surface area contributed by atoms with E-state index in [1.165, 1.54) is 5.39 Å². The predicted octanol–water partition coefficient (Wildman–Crippen LogP) is 5.63. The Kier molecular flexibility index (Phi) is 4.40. The molecule has 4 aromatic rings. The van der Waals surface area contributed by atoms with Crippen molar-refractivity contribution in [1.82, 2.24) is 9.47 Å². The number of benzene rings is 3. The fraction of sp³-hybridized carbons (Fsp3) is 0.160. The van der Waals surface area contributed by atoms with Gasteiger partial charge in [-0.3, -0.25) is 4.79 Å².